The van der Waals surface area contributed by atoms with E-state index in [9.17, 15) is 8.78 Å². The minimum atomic E-state index is -1.25. The number of thioether (sulfide) groups is 1. The molecule has 0 unspecified atom stereocenters. The van der Waals surface area contributed by atoms with E-state index >= 15 is 0 Å². The van der Waals surface area contributed by atoms with E-state index < -0.39 is 19.7 Å². The van der Waals surface area contributed by atoms with Crippen LogP contribution in [0.2, 0.25) is 19.6 Å². The smallest absolute Gasteiger partial charge is 0.159 e. The highest BCUT2D eigenvalue weighted by Gasteiger charge is 2.15. The normalized spacial score (nSPS) is 11.7. The van der Waals surface area contributed by atoms with E-state index in [2.05, 4.69) is 43.9 Å². The van der Waals surface area contributed by atoms with Crippen molar-refractivity contribution >= 4 is 25.0 Å². The van der Waals surface area contributed by atoms with Gasteiger partial charge in [-0.2, -0.15) is 0 Å². The Morgan fingerprint density at radius 1 is 0.900 bits per heavy atom. The van der Waals surface area contributed by atoms with Gasteiger partial charge in [0.25, 0.3) is 0 Å². The Morgan fingerprint density at radius 3 is 2.10 bits per heavy atom. The van der Waals surface area contributed by atoms with E-state index in [1.54, 1.807) is 6.07 Å². The highest BCUT2D eigenvalue weighted by atomic mass is 32.2. The topological polar surface area (TPSA) is 0 Å². The summed E-state index contributed by atoms with van der Waals surface area (Å²) >= 11 is 1.51. The van der Waals surface area contributed by atoms with E-state index in [0.29, 0.717) is 0 Å². The molecule has 0 aromatic heterocycles. The SMILES string of the molecule is C[Si](C)(C)c1ccc(CSc2ccc(F)c(F)c2)cc1. The summed E-state index contributed by atoms with van der Waals surface area (Å²) in [7, 11) is -1.25. The van der Waals surface area contributed by atoms with Crippen molar-refractivity contribution in [1.82, 2.24) is 0 Å². The third-order valence-electron chi connectivity index (χ3n) is 3.12. The standard InChI is InChI=1S/C16H18F2SSi/c1-20(2,3)14-7-4-12(5-8-14)11-19-13-6-9-15(17)16(18)10-13/h4-10H,11H2,1-3H3. The Hall–Kier alpha value is -1.13. The summed E-state index contributed by atoms with van der Waals surface area (Å²) in [4.78, 5) is 0.748. The molecule has 106 valence electrons. The molecule has 0 spiro atoms. The van der Waals surface area contributed by atoms with Gasteiger partial charge in [-0.3, -0.25) is 0 Å². The monoisotopic (exact) mass is 308 g/mol. The Kier molecular flexibility index (Phi) is 4.65. The molecule has 0 heterocycles. The Bertz CT molecular complexity index is 588. The molecule has 0 aliphatic carbocycles. The van der Waals surface area contributed by atoms with Crippen LogP contribution >= 0.6 is 11.8 Å². The van der Waals surface area contributed by atoms with Crippen LogP contribution in [0.15, 0.2) is 47.4 Å². The van der Waals surface area contributed by atoms with Gasteiger partial charge >= 0.3 is 0 Å². The predicted molar refractivity (Wildman–Crippen MR) is 85.3 cm³/mol. The fraction of sp³-hybridized carbons (Fsp3) is 0.250. The summed E-state index contributed by atoms with van der Waals surface area (Å²) in [6.45, 7) is 6.95. The molecule has 0 amide bonds. The lowest BCUT2D eigenvalue weighted by Crippen LogP contribution is -2.37. The van der Waals surface area contributed by atoms with E-state index in [-0.39, 0.29) is 0 Å². The van der Waals surface area contributed by atoms with Gasteiger partial charge in [0.1, 0.15) is 0 Å². The molecule has 0 saturated carbocycles. The highest BCUT2D eigenvalue weighted by molar-refractivity contribution is 7.98. The average Bonchev–Trinajstić information content (AvgIpc) is 2.40. The molecule has 0 aliphatic heterocycles. The molecule has 0 atom stereocenters. The fourth-order valence-electron chi connectivity index (χ4n) is 1.83. The van der Waals surface area contributed by atoms with E-state index in [4.69, 9.17) is 0 Å². The van der Waals surface area contributed by atoms with Gasteiger partial charge in [0.15, 0.2) is 11.6 Å². The fourth-order valence-corrected chi connectivity index (χ4v) is 3.88. The number of hydrogen-bond donors (Lipinski definition) is 0. The summed E-state index contributed by atoms with van der Waals surface area (Å²) in [5, 5.41) is 1.43. The molecule has 0 bridgehead atoms. The molecule has 2 rings (SSSR count). The quantitative estimate of drug-likeness (QED) is 0.577. The van der Waals surface area contributed by atoms with Gasteiger partial charge in [0.2, 0.25) is 0 Å². The molecule has 0 N–H and O–H groups in total. The van der Waals surface area contributed by atoms with Crippen LogP contribution in [-0.2, 0) is 5.75 Å². The lowest BCUT2D eigenvalue weighted by molar-refractivity contribution is 0.506. The van der Waals surface area contributed by atoms with Crippen LogP contribution in [0.4, 0.5) is 8.78 Å². The highest BCUT2D eigenvalue weighted by Crippen LogP contribution is 2.24. The molecule has 4 heteroatoms. The Balaban J connectivity index is 2.02. The number of hydrogen-bond acceptors (Lipinski definition) is 1. The van der Waals surface area contributed by atoms with E-state index in [0.717, 1.165) is 10.6 Å². The molecular formula is C16H18F2SSi. The van der Waals surface area contributed by atoms with Crippen LogP contribution in [0.1, 0.15) is 5.56 Å². The largest absolute Gasteiger partial charge is 0.204 e. The van der Waals surface area contributed by atoms with Gasteiger partial charge in [-0.05, 0) is 23.8 Å². The zero-order chi connectivity index (χ0) is 14.8. The van der Waals surface area contributed by atoms with Gasteiger partial charge in [-0.25, -0.2) is 8.78 Å². The van der Waals surface area contributed by atoms with Crippen molar-refractivity contribution in [3.05, 3.63) is 59.7 Å². The average molecular weight is 308 g/mol. The molecule has 2 aromatic rings. The first kappa shape index (κ1) is 15.3. The molecule has 0 saturated heterocycles. The summed E-state index contributed by atoms with van der Waals surface area (Å²) < 4.78 is 25.9. The summed E-state index contributed by atoms with van der Waals surface area (Å²) in [6, 6.07) is 12.7. The minimum absolute atomic E-state index is 0.748. The maximum atomic E-state index is 13.1. The molecule has 0 nitrogen and oxygen atoms in total. The van der Waals surface area contributed by atoms with Crippen molar-refractivity contribution in [3.8, 4) is 0 Å². The Morgan fingerprint density at radius 2 is 1.55 bits per heavy atom. The maximum absolute atomic E-state index is 13.1. The molecule has 0 radical (unpaired) electrons. The van der Waals surface area contributed by atoms with Gasteiger partial charge in [0.05, 0.1) is 8.07 Å². The Labute approximate surface area is 124 Å². The molecule has 2 aromatic carbocycles. The first-order valence-corrected chi connectivity index (χ1v) is 11.0. The summed E-state index contributed by atoms with van der Waals surface area (Å²) in [5.74, 6) is -0.824. The minimum Gasteiger partial charge on any atom is -0.204 e. The lowest BCUT2D eigenvalue weighted by Gasteiger charge is -2.16. The summed E-state index contributed by atoms with van der Waals surface area (Å²) in [5.41, 5.74) is 1.20. The van der Waals surface area contributed by atoms with Crippen molar-refractivity contribution in [2.45, 2.75) is 30.3 Å². The van der Waals surface area contributed by atoms with Gasteiger partial charge in [0, 0.05) is 10.6 Å². The molecule has 0 fully saturated rings. The van der Waals surface area contributed by atoms with Crippen LogP contribution < -0.4 is 5.19 Å². The third kappa shape index (κ3) is 3.93. The third-order valence-corrected chi connectivity index (χ3v) is 6.25. The van der Waals surface area contributed by atoms with Gasteiger partial charge < -0.3 is 0 Å². The molecular weight excluding hydrogens is 290 g/mol. The number of benzene rings is 2. The van der Waals surface area contributed by atoms with Crippen LogP contribution in [0.25, 0.3) is 0 Å². The van der Waals surface area contributed by atoms with Gasteiger partial charge in [-0.1, -0.05) is 49.1 Å². The zero-order valence-corrected chi connectivity index (χ0v) is 13.7. The van der Waals surface area contributed by atoms with Crippen LogP contribution in [0.5, 0.6) is 0 Å². The maximum Gasteiger partial charge on any atom is 0.159 e. The lowest BCUT2D eigenvalue weighted by atomic mass is 10.2. The molecule has 20 heavy (non-hydrogen) atoms. The van der Waals surface area contributed by atoms with Crippen molar-refractivity contribution in [2.24, 2.45) is 0 Å². The second-order valence-corrected chi connectivity index (χ2v) is 11.9. The van der Waals surface area contributed by atoms with Crippen molar-refractivity contribution < 1.29 is 8.78 Å². The first-order valence-electron chi connectivity index (χ1n) is 6.53. The predicted octanol–water partition coefficient (Wildman–Crippen LogP) is 4.80. The van der Waals surface area contributed by atoms with Crippen LogP contribution in [-0.4, -0.2) is 8.07 Å². The van der Waals surface area contributed by atoms with Crippen molar-refractivity contribution in [3.63, 3.8) is 0 Å². The van der Waals surface area contributed by atoms with Crippen molar-refractivity contribution in [2.75, 3.05) is 0 Å². The summed E-state index contributed by atoms with van der Waals surface area (Å²) in [6.07, 6.45) is 0. The van der Waals surface area contributed by atoms with E-state index in [1.165, 1.54) is 34.6 Å². The second-order valence-electron chi connectivity index (χ2n) is 5.81. The zero-order valence-electron chi connectivity index (χ0n) is 11.9. The number of halogens is 2. The van der Waals surface area contributed by atoms with E-state index in [1.807, 2.05) is 0 Å². The van der Waals surface area contributed by atoms with Crippen LogP contribution in [0.3, 0.4) is 0 Å². The van der Waals surface area contributed by atoms with Crippen molar-refractivity contribution in [1.29, 1.82) is 0 Å². The second kappa shape index (κ2) is 6.10. The number of rotatable bonds is 4. The van der Waals surface area contributed by atoms with Crippen LogP contribution in [0, 0.1) is 11.6 Å². The first-order chi connectivity index (χ1) is 9.36. The van der Waals surface area contributed by atoms with Gasteiger partial charge in [-0.15, -0.1) is 11.8 Å². The molecule has 0 aliphatic rings.